The fourth-order valence-electron chi connectivity index (χ4n) is 2.48. The maximum Gasteiger partial charge on any atom is 0.217 e. The lowest BCUT2D eigenvalue weighted by molar-refractivity contribution is -0.118. The number of rotatable bonds is 8. The molecule has 1 aromatic carbocycles. The number of para-hydroxylation sites is 1. The zero-order valence-corrected chi connectivity index (χ0v) is 13.4. The van der Waals surface area contributed by atoms with Crippen LogP contribution in [0.2, 0.25) is 0 Å². The molecule has 0 fully saturated rings. The van der Waals surface area contributed by atoms with Crippen LogP contribution in [0.5, 0.6) is 0 Å². The van der Waals surface area contributed by atoms with Crippen LogP contribution in [-0.2, 0) is 9.53 Å². The first-order valence-corrected chi connectivity index (χ1v) is 8.17. The van der Waals surface area contributed by atoms with Crippen LogP contribution in [-0.4, -0.2) is 23.6 Å². The summed E-state index contributed by atoms with van der Waals surface area (Å²) in [6.07, 6.45) is 2.13. The van der Waals surface area contributed by atoms with Crippen LogP contribution >= 0.6 is 11.3 Å². The predicted octanol–water partition coefficient (Wildman–Crippen LogP) is 3.46. The molecule has 1 heterocycles. The maximum atomic E-state index is 11.1. The average Bonchev–Trinajstić information content (AvgIpc) is 2.87. The molecule has 2 rings (SSSR count). The first-order chi connectivity index (χ1) is 10.1. The Morgan fingerprint density at radius 2 is 2.19 bits per heavy atom. The molecule has 0 aliphatic rings. The van der Waals surface area contributed by atoms with Gasteiger partial charge < -0.3 is 10.5 Å². The van der Waals surface area contributed by atoms with Gasteiger partial charge >= 0.3 is 0 Å². The molecule has 0 spiro atoms. The van der Waals surface area contributed by atoms with E-state index in [9.17, 15) is 4.79 Å². The van der Waals surface area contributed by atoms with Gasteiger partial charge in [-0.15, -0.1) is 11.3 Å². The van der Waals surface area contributed by atoms with Gasteiger partial charge in [0.25, 0.3) is 0 Å². The first kappa shape index (κ1) is 15.9. The fraction of sp³-hybridized carbons (Fsp3) is 0.500. The van der Waals surface area contributed by atoms with Gasteiger partial charge in [0.2, 0.25) is 5.91 Å². The van der Waals surface area contributed by atoms with Crippen LogP contribution < -0.4 is 5.73 Å². The van der Waals surface area contributed by atoms with Gasteiger partial charge in [-0.2, -0.15) is 0 Å². The number of nitrogens with two attached hydrogens (primary N) is 1. The highest BCUT2D eigenvalue weighted by molar-refractivity contribution is 7.18. The molecular weight excluding hydrogens is 284 g/mol. The monoisotopic (exact) mass is 306 g/mol. The van der Waals surface area contributed by atoms with Crippen molar-refractivity contribution in [3.05, 3.63) is 29.3 Å². The Balaban J connectivity index is 2.18. The quantitative estimate of drug-likeness (QED) is 0.812. The third-order valence-electron chi connectivity index (χ3n) is 3.47. The van der Waals surface area contributed by atoms with E-state index in [0.717, 1.165) is 23.4 Å². The van der Waals surface area contributed by atoms with Gasteiger partial charge in [0.15, 0.2) is 0 Å². The molecule has 0 aliphatic heterocycles. The SMILES string of the molecule is CCOC(C)CC(CCC(N)=O)c1nc2ccccc2s1. The summed E-state index contributed by atoms with van der Waals surface area (Å²) in [5, 5.41) is 1.07. The number of aromatic nitrogens is 1. The second-order valence-electron chi connectivity index (χ2n) is 5.22. The van der Waals surface area contributed by atoms with Gasteiger partial charge in [-0.1, -0.05) is 12.1 Å². The molecule has 1 aromatic heterocycles. The number of amides is 1. The Hall–Kier alpha value is -1.46. The number of fused-ring (bicyclic) bond motifs is 1. The van der Waals surface area contributed by atoms with Crippen molar-refractivity contribution in [2.45, 2.75) is 45.1 Å². The molecule has 0 saturated heterocycles. The normalized spacial score (nSPS) is 14.2. The lowest BCUT2D eigenvalue weighted by atomic mass is 9.97. The van der Waals surface area contributed by atoms with Crippen molar-refractivity contribution in [2.75, 3.05) is 6.61 Å². The summed E-state index contributed by atoms with van der Waals surface area (Å²) in [6.45, 7) is 4.75. The summed E-state index contributed by atoms with van der Waals surface area (Å²) >= 11 is 1.70. The van der Waals surface area contributed by atoms with Crippen molar-refractivity contribution < 1.29 is 9.53 Å². The highest BCUT2D eigenvalue weighted by Gasteiger charge is 2.20. The Morgan fingerprint density at radius 1 is 1.43 bits per heavy atom. The van der Waals surface area contributed by atoms with Crippen LogP contribution in [0.25, 0.3) is 10.2 Å². The van der Waals surface area contributed by atoms with Crippen LogP contribution in [0.4, 0.5) is 0 Å². The van der Waals surface area contributed by atoms with E-state index in [1.807, 2.05) is 25.1 Å². The number of hydrogen-bond donors (Lipinski definition) is 1. The molecule has 2 unspecified atom stereocenters. The maximum absolute atomic E-state index is 11.1. The summed E-state index contributed by atoms with van der Waals surface area (Å²) in [7, 11) is 0. The largest absolute Gasteiger partial charge is 0.379 e. The topological polar surface area (TPSA) is 65.2 Å². The number of hydrogen-bond acceptors (Lipinski definition) is 4. The number of carbonyl (C=O) groups excluding carboxylic acids is 1. The van der Waals surface area contributed by atoms with Gasteiger partial charge in [0.1, 0.15) is 0 Å². The van der Waals surface area contributed by atoms with E-state index in [-0.39, 0.29) is 17.9 Å². The van der Waals surface area contributed by atoms with E-state index < -0.39 is 0 Å². The summed E-state index contributed by atoms with van der Waals surface area (Å²) < 4.78 is 6.82. The highest BCUT2D eigenvalue weighted by atomic mass is 32.1. The molecule has 2 aromatic rings. The molecule has 0 aliphatic carbocycles. The Labute approximate surface area is 129 Å². The van der Waals surface area contributed by atoms with Crippen molar-refractivity contribution in [3.8, 4) is 0 Å². The van der Waals surface area contributed by atoms with Crippen molar-refractivity contribution >= 4 is 27.5 Å². The third-order valence-corrected chi connectivity index (χ3v) is 4.67. The summed E-state index contributed by atoms with van der Waals surface area (Å²) in [5.41, 5.74) is 6.32. The van der Waals surface area contributed by atoms with Crippen LogP contribution in [0.3, 0.4) is 0 Å². The minimum Gasteiger partial charge on any atom is -0.379 e. The number of ether oxygens (including phenoxy) is 1. The number of thiazole rings is 1. The molecule has 2 N–H and O–H groups in total. The number of primary amides is 1. The summed E-state index contributed by atoms with van der Waals surface area (Å²) in [5.74, 6) is -0.0402. The van der Waals surface area contributed by atoms with Gasteiger partial charge in [0.05, 0.1) is 21.3 Å². The minimum absolute atomic E-state index is 0.153. The first-order valence-electron chi connectivity index (χ1n) is 7.35. The van der Waals surface area contributed by atoms with Gasteiger partial charge in [-0.25, -0.2) is 4.98 Å². The zero-order chi connectivity index (χ0) is 15.2. The summed E-state index contributed by atoms with van der Waals surface area (Å²) in [4.78, 5) is 15.8. The second-order valence-corrected chi connectivity index (χ2v) is 6.29. The van der Waals surface area contributed by atoms with Crippen LogP contribution in [0, 0.1) is 0 Å². The Morgan fingerprint density at radius 3 is 2.86 bits per heavy atom. The molecule has 114 valence electrons. The predicted molar refractivity (Wildman–Crippen MR) is 86.5 cm³/mol. The second kappa shape index (κ2) is 7.52. The van der Waals surface area contributed by atoms with E-state index in [1.54, 1.807) is 11.3 Å². The number of nitrogens with zero attached hydrogens (tertiary/aromatic N) is 1. The molecule has 0 radical (unpaired) electrons. The molecule has 21 heavy (non-hydrogen) atoms. The van der Waals surface area contributed by atoms with E-state index in [1.165, 1.54) is 4.70 Å². The zero-order valence-electron chi connectivity index (χ0n) is 12.5. The minimum atomic E-state index is -0.259. The van der Waals surface area contributed by atoms with E-state index in [4.69, 9.17) is 15.5 Å². The van der Waals surface area contributed by atoms with Crippen molar-refractivity contribution in [3.63, 3.8) is 0 Å². The molecule has 2 atom stereocenters. The fourth-order valence-corrected chi connectivity index (χ4v) is 3.59. The molecule has 5 heteroatoms. The van der Waals surface area contributed by atoms with Gasteiger partial charge in [-0.05, 0) is 38.8 Å². The lowest BCUT2D eigenvalue weighted by Gasteiger charge is -2.18. The molecule has 1 amide bonds. The van der Waals surface area contributed by atoms with Crippen LogP contribution in [0.15, 0.2) is 24.3 Å². The van der Waals surface area contributed by atoms with Crippen LogP contribution in [0.1, 0.15) is 44.0 Å². The van der Waals surface area contributed by atoms with Crippen molar-refractivity contribution in [1.29, 1.82) is 0 Å². The lowest BCUT2D eigenvalue weighted by Crippen LogP contribution is -2.16. The Bertz CT molecular complexity index is 564. The summed E-state index contributed by atoms with van der Waals surface area (Å²) in [6, 6.07) is 8.11. The van der Waals surface area contributed by atoms with Gasteiger partial charge in [-0.3, -0.25) is 4.79 Å². The molecule has 4 nitrogen and oxygen atoms in total. The van der Waals surface area contributed by atoms with Crippen molar-refractivity contribution in [2.24, 2.45) is 5.73 Å². The Kier molecular flexibility index (Phi) is 5.70. The smallest absolute Gasteiger partial charge is 0.217 e. The van der Waals surface area contributed by atoms with E-state index in [2.05, 4.69) is 13.0 Å². The standard InChI is InChI=1S/C16H22N2O2S/c1-3-20-11(2)10-12(8-9-15(17)19)16-18-13-6-4-5-7-14(13)21-16/h4-7,11-12H,3,8-10H2,1-2H3,(H2,17,19). The van der Waals surface area contributed by atoms with Crippen molar-refractivity contribution in [1.82, 2.24) is 4.98 Å². The average molecular weight is 306 g/mol. The number of carbonyl (C=O) groups is 1. The van der Waals surface area contributed by atoms with E-state index in [0.29, 0.717) is 13.0 Å². The van der Waals surface area contributed by atoms with Gasteiger partial charge in [0, 0.05) is 18.9 Å². The highest BCUT2D eigenvalue weighted by Crippen LogP contribution is 2.33. The van der Waals surface area contributed by atoms with E-state index >= 15 is 0 Å². The molecule has 0 saturated carbocycles. The molecular formula is C16H22N2O2S. The molecule has 0 bridgehead atoms. The number of benzene rings is 1. The third kappa shape index (κ3) is 4.51.